The largest absolute Gasteiger partial charge is 0.492 e. The van der Waals surface area contributed by atoms with Gasteiger partial charge < -0.3 is 9.47 Å². The monoisotopic (exact) mass is 466 g/mol. The van der Waals surface area contributed by atoms with Crippen LogP contribution < -0.4 is 10.3 Å². The summed E-state index contributed by atoms with van der Waals surface area (Å²) in [5.74, 6) is 0.806. The molecular formula is C26H30N2O6. The van der Waals surface area contributed by atoms with Crippen molar-refractivity contribution in [2.24, 2.45) is 0 Å². The van der Waals surface area contributed by atoms with Crippen molar-refractivity contribution in [3.05, 3.63) is 82.4 Å². The predicted octanol–water partition coefficient (Wildman–Crippen LogP) is 3.60. The zero-order chi connectivity index (χ0) is 24.3. The Kier molecular flexibility index (Phi) is 9.37. The van der Waals surface area contributed by atoms with E-state index in [2.05, 4.69) is 14.8 Å². The molecule has 1 atom stereocenters. The molecule has 3 rings (SSSR count). The summed E-state index contributed by atoms with van der Waals surface area (Å²) < 4.78 is 12.9. The Balaban J connectivity index is 1.61. The molecule has 0 spiro atoms. The fourth-order valence-corrected chi connectivity index (χ4v) is 3.56. The quantitative estimate of drug-likeness (QED) is 0.298. The number of ether oxygens (including phenoxy) is 2. The fraction of sp³-hybridized carbons (Fsp3) is 0.346. The second-order valence-corrected chi connectivity index (χ2v) is 7.48. The topological polar surface area (TPSA) is 88.9 Å². The van der Waals surface area contributed by atoms with Crippen molar-refractivity contribution >= 4 is 5.97 Å². The lowest BCUT2D eigenvalue weighted by atomic mass is 10.1. The lowest BCUT2D eigenvalue weighted by molar-refractivity contribution is -0.263. The summed E-state index contributed by atoms with van der Waals surface area (Å²) in [6.07, 6.45) is 0.240. The SMILES string of the molecule is CCOC(Cc1ccc(OCCn2c(CC)nc(-c3ccccc3)cc2=O)cc1)C(=O)OOC. The molecule has 3 aromatic rings. The lowest BCUT2D eigenvalue weighted by Gasteiger charge is -2.15. The van der Waals surface area contributed by atoms with Gasteiger partial charge in [-0.2, -0.15) is 4.89 Å². The van der Waals surface area contributed by atoms with E-state index in [0.717, 1.165) is 17.0 Å². The predicted molar refractivity (Wildman–Crippen MR) is 127 cm³/mol. The van der Waals surface area contributed by atoms with Crippen LogP contribution in [0.25, 0.3) is 11.3 Å². The highest BCUT2D eigenvalue weighted by atomic mass is 17.2. The third kappa shape index (κ3) is 6.76. The molecule has 1 heterocycles. The Morgan fingerprint density at radius 2 is 1.79 bits per heavy atom. The number of aromatic nitrogens is 2. The summed E-state index contributed by atoms with van der Waals surface area (Å²) in [6.45, 7) is 4.88. The molecule has 0 radical (unpaired) electrons. The Morgan fingerprint density at radius 3 is 2.44 bits per heavy atom. The molecule has 0 saturated carbocycles. The average Bonchev–Trinajstić information content (AvgIpc) is 2.86. The third-order valence-corrected chi connectivity index (χ3v) is 5.20. The van der Waals surface area contributed by atoms with E-state index < -0.39 is 12.1 Å². The minimum atomic E-state index is -0.748. The van der Waals surface area contributed by atoms with Crippen LogP contribution in [0, 0.1) is 0 Å². The summed E-state index contributed by atoms with van der Waals surface area (Å²) in [6, 6.07) is 18.6. The first-order valence-electron chi connectivity index (χ1n) is 11.3. The number of nitrogens with zero attached hydrogens (tertiary/aromatic N) is 2. The van der Waals surface area contributed by atoms with Gasteiger partial charge in [0.15, 0.2) is 6.10 Å². The number of hydrogen-bond donors (Lipinski definition) is 0. The van der Waals surface area contributed by atoms with Crippen LogP contribution in [-0.4, -0.2) is 41.9 Å². The van der Waals surface area contributed by atoms with Crippen LogP contribution in [0.4, 0.5) is 0 Å². The molecule has 0 amide bonds. The minimum absolute atomic E-state index is 0.102. The van der Waals surface area contributed by atoms with Crippen molar-refractivity contribution in [2.45, 2.75) is 39.3 Å². The molecule has 8 nitrogen and oxygen atoms in total. The van der Waals surface area contributed by atoms with Gasteiger partial charge in [-0.15, -0.1) is 0 Å². The van der Waals surface area contributed by atoms with E-state index in [1.54, 1.807) is 10.6 Å². The summed E-state index contributed by atoms with van der Waals surface area (Å²) >= 11 is 0. The highest BCUT2D eigenvalue weighted by molar-refractivity contribution is 5.74. The summed E-state index contributed by atoms with van der Waals surface area (Å²) in [5.41, 5.74) is 2.38. The van der Waals surface area contributed by atoms with Crippen molar-refractivity contribution in [1.29, 1.82) is 0 Å². The standard InChI is InChI=1S/C26H30N2O6/c1-4-24-27-22(20-9-7-6-8-10-20)18-25(29)28(24)15-16-33-21-13-11-19(12-14-21)17-23(32-5-2)26(30)34-31-3/h6-14,18,23H,4-5,15-17H2,1-3H3. The summed E-state index contributed by atoms with van der Waals surface area (Å²) in [7, 11) is 1.28. The Labute approximate surface area is 199 Å². The molecule has 0 aliphatic carbocycles. The molecule has 0 bridgehead atoms. The van der Waals surface area contributed by atoms with Crippen LogP contribution in [0.5, 0.6) is 5.75 Å². The maximum absolute atomic E-state index is 12.7. The van der Waals surface area contributed by atoms with Crippen molar-refractivity contribution < 1.29 is 24.0 Å². The van der Waals surface area contributed by atoms with Crippen LogP contribution in [0.1, 0.15) is 25.2 Å². The summed E-state index contributed by atoms with van der Waals surface area (Å²) in [5, 5.41) is 0. The van der Waals surface area contributed by atoms with Crippen LogP contribution >= 0.6 is 0 Å². The molecule has 1 aromatic heterocycles. The Morgan fingerprint density at radius 1 is 1.06 bits per heavy atom. The van der Waals surface area contributed by atoms with E-state index in [9.17, 15) is 9.59 Å². The molecule has 0 aliphatic heterocycles. The average molecular weight is 467 g/mol. The number of hydrogen-bond acceptors (Lipinski definition) is 7. The maximum atomic E-state index is 12.7. The molecule has 0 saturated heterocycles. The van der Waals surface area contributed by atoms with Crippen molar-refractivity contribution in [3.8, 4) is 17.0 Å². The molecular weight excluding hydrogens is 436 g/mol. The van der Waals surface area contributed by atoms with Gasteiger partial charge in [-0.05, 0) is 24.6 Å². The highest BCUT2D eigenvalue weighted by Gasteiger charge is 2.22. The van der Waals surface area contributed by atoms with Gasteiger partial charge in [-0.3, -0.25) is 14.2 Å². The van der Waals surface area contributed by atoms with Gasteiger partial charge >= 0.3 is 5.97 Å². The van der Waals surface area contributed by atoms with Gasteiger partial charge in [0.1, 0.15) is 18.2 Å². The zero-order valence-corrected chi connectivity index (χ0v) is 19.7. The van der Waals surface area contributed by atoms with E-state index in [-0.39, 0.29) is 5.56 Å². The zero-order valence-electron chi connectivity index (χ0n) is 19.7. The van der Waals surface area contributed by atoms with Crippen LogP contribution in [0.2, 0.25) is 0 Å². The van der Waals surface area contributed by atoms with Crippen LogP contribution in [-0.2, 0) is 38.7 Å². The number of rotatable bonds is 12. The Hall–Kier alpha value is -3.49. The van der Waals surface area contributed by atoms with E-state index in [1.165, 1.54) is 7.11 Å². The van der Waals surface area contributed by atoms with Gasteiger partial charge in [0.05, 0.1) is 19.3 Å². The second kappa shape index (κ2) is 12.7. The highest BCUT2D eigenvalue weighted by Crippen LogP contribution is 2.17. The Bertz CT molecular complexity index is 1110. The lowest BCUT2D eigenvalue weighted by Crippen LogP contribution is -2.28. The van der Waals surface area contributed by atoms with Gasteiger partial charge in [-0.1, -0.05) is 49.4 Å². The molecule has 34 heavy (non-hydrogen) atoms. The smallest absolute Gasteiger partial charge is 0.371 e. The first-order chi connectivity index (χ1) is 16.5. The summed E-state index contributed by atoms with van der Waals surface area (Å²) in [4.78, 5) is 38.4. The molecule has 8 heteroatoms. The number of aryl methyl sites for hydroxylation is 1. The minimum Gasteiger partial charge on any atom is -0.492 e. The number of carbonyl (C=O) groups excluding carboxylic acids is 1. The number of benzene rings is 2. The van der Waals surface area contributed by atoms with E-state index >= 15 is 0 Å². The molecule has 180 valence electrons. The van der Waals surface area contributed by atoms with Crippen molar-refractivity contribution in [1.82, 2.24) is 9.55 Å². The first kappa shape index (κ1) is 25.1. The normalized spacial score (nSPS) is 11.7. The van der Waals surface area contributed by atoms with Gasteiger partial charge in [0.25, 0.3) is 5.56 Å². The second-order valence-electron chi connectivity index (χ2n) is 7.48. The van der Waals surface area contributed by atoms with Crippen molar-refractivity contribution in [2.75, 3.05) is 20.3 Å². The molecule has 2 aromatic carbocycles. The van der Waals surface area contributed by atoms with Gasteiger partial charge in [0, 0.05) is 31.1 Å². The maximum Gasteiger partial charge on any atom is 0.371 e. The van der Waals surface area contributed by atoms with Gasteiger partial charge in [-0.25, -0.2) is 9.78 Å². The first-order valence-corrected chi connectivity index (χ1v) is 11.3. The van der Waals surface area contributed by atoms with Gasteiger partial charge in [0.2, 0.25) is 0 Å². The van der Waals surface area contributed by atoms with Crippen LogP contribution in [0.15, 0.2) is 65.5 Å². The van der Waals surface area contributed by atoms with Crippen molar-refractivity contribution in [3.63, 3.8) is 0 Å². The third-order valence-electron chi connectivity index (χ3n) is 5.20. The molecule has 0 N–H and O–H groups in total. The van der Waals surface area contributed by atoms with E-state index in [1.807, 2.05) is 68.4 Å². The molecule has 0 fully saturated rings. The fourth-order valence-electron chi connectivity index (χ4n) is 3.56. The van der Waals surface area contributed by atoms with E-state index in [4.69, 9.17) is 9.47 Å². The van der Waals surface area contributed by atoms with E-state index in [0.29, 0.717) is 44.0 Å². The number of carbonyl (C=O) groups is 1. The van der Waals surface area contributed by atoms with Crippen LogP contribution in [0.3, 0.4) is 0 Å². The molecule has 0 aliphatic rings. The molecule has 1 unspecified atom stereocenters.